The molecule has 0 fully saturated rings. The van der Waals surface area contributed by atoms with Crippen LogP contribution in [-0.4, -0.2) is 23.5 Å². The van der Waals surface area contributed by atoms with Crippen LogP contribution in [0, 0.1) is 6.92 Å². The van der Waals surface area contributed by atoms with E-state index in [1.165, 1.54) is 30.0 Å². The lowest BCUT2D eigenvalue weighted by atomic mass is 9.90. The van der Waals surface area contributed by atoms with Gasteiger partial charge in [-0.1, -0.05) is 41.4 Å². The van der Waals surface area contributed by atoms with Gasteiger partial charge in [-0.2, -0.15) is 0 Å². The molecule has 1 heterocycles. The molecule has 0 saturated heterocycles. The number of aromatic nitrogens is 1. The van der Waals surface area contributed by atoms with Crippen molar-refractivity contribution in [2.24, 2.45) is 0 Å². The number of esters is 1. The van der Waals surface area contributed by atoms with Gasteiger partial charge in [0.05, 0.1) is 22.2 Å². The zero-order valence-electron chi connectivity index (χ0n) is 15.0. The molecule has 2 aromatic rings. The Morgan fingerprint density at radius 2 is 1.85 bits per heavy atom. The number of nitrogens with one attached hydrogen (secondary N) is 1. The van der Waals surface area contributed by atoms with Gasteiger partial charge in [-0.3, -0.25) is 9.59 Å². The third-order valence-electron chi connectivity index (χ3n) is 4.49. The summed E-state index contributed by atoms with van der Waals surface area (Å²) in [6.45, 7) is 1.30. The Morgan fingerprint density at radius 3 is 2.63 bits per heavy atom. The summed E-state index contributed by atoms with van der Waals surface area (Å²) in [4.78, 5) is 28.1. The first-order chi connectivity index (χ1) is 12.9. The van der Waals surface area contributed by atoms with Crippen LogP contribution in [0.25, 0.3) is 0 Å². The van der Waals surface area contributed by atoms with Gasteiger partial charge in [0.1, 0.15) is 0 Å². The molecule has 7 heteroatoms. The van der Waals surface area contributed by atoms with Crippen molar-refractivity contribution in [2.45, 2.75) is 39.0 Å². The number of carbonyl (C=O) groups excluding carboxylic acids is 2. The van der Waals surface area contributed by atoms with E-state index in [4.69, 9.17) is 27.9 Å². The number of ether oxygens (including phenoxy) is 1. The monoisotopic (exact) mass is 406 g/mol. The molecule has 1 N–H and O–H groups in total. The van der Waals surface area contributed by atoms with Gasteiger partial charge >= 0.3 is 5.97 Å². The Hall–Kier alpha value is -2.11. The highest BCUT2D eigenvalue weighted by atomic mass is 35.5. The van der Waals surface area contributed by atoms with Crippen LogP contribution < -0.4 is 5.32 Å². The minimum absolute atomic E-state index is 0.139. The second-order valence-corrected chi connectivity index (χ2v) is 7.40. The van der Waals surface area contributed by atoms with E-state index in [1.807, 2.05) is 6.07 Å². The largest absolute Gasteiger partial charge is 0.455 e. The summed E-state index contributed by atoms with van der Waals surface area (Å²) in [6.07, 6.45) is 4.69. The Labute approximate surface area is 168 Å². The summed E-state index contributed by atoms with van der Waals surface area (Å²) < 4.78 is 5.07. The molecule has 1 aliphatic rings. The van der Waals surface area contributed by atoms with E-state index in [2.05, 4.69) is 22.4 Å². The predicted molar refractivity (Wildman–Crippen MR) is 105 cm³/mol. The number of hydrogen-bond acceptors (Lipinski definition) is 4. The van der Waals surface area contributed by atoms with Crippen LogP contribution >= 0.6 is 23.2 Å². The first kappa shape index (κ1) is 19.6. The maximum atomic E-state index is 12.0. The molecular formula is C20H20Cl2N2O3. The summed E-state index contributed by atoms with van der Waals surface area (Å²) in [6, 6.07) is 7.60. The van der Waals surface area contributed by atoms with Crippen molar-refractivity contribution in [1.82, 2.24) is 4.98 Å². The van der Waals surface area contributed by atoms with Gasteiger partial charge in [0.2, 0.25) is 0 Å². The molecule has 1 aromatic carbocycles. The standard InChI is InChI=1S/C20H20Cl2N2O3/c1-12-16(21)10-17(22)20(23-12)24-18(25)11-27-19(26)9-13-6-7-14-4-2-3-5-15(14)8-13/h6-8,10H,2-5,9,11H2,1H3,(H,23,24,25). The topological polar surface area (TPSA) is 68.3 Å². The van der Waals surface area contributed by atoms with E-state index < -0.39 is 18.5 Å². The summed E-state index contributed by atoms with van der Waals surface area (Å²) in [5, 5.41) is 3.15. The van der Waals surface area contributed by atoms with Crippen molar-refractivity contribution >= 4 is 40.9 Å². The van der Waals surface area contributed by atoms with Crippen LogP contribution in [0.15, 0.2) is 24.3 Å². The zero-order valence-corrected chi connectivity index (χ0v) is 16.5. The third kappa shape index (κ3) is 5.21. The molecule has 27 heavy (non-hydrogen) atoms. The van der Waals surface area contributed by atoms with Crippen LogP contribution in [-0.2, 0) is 33.6 Å². The van der Waals surface area contributed by atoms with Gasteiger partial charge in [-0.05, 0) is 55.4 Å². The number of rotatable bonds is 5. The van der Waals surface area contributed by atoms with Gasteiger partial charge < -0.3 is 10.1 Å². The van der Waals surface area contributed by atoms with Crippen molar-refractivity contribution in [3.05, 3.63) is 56.7 Å². The molecule has 0 saturated carbocycles. The minimum atomic E-state index is -0.509. The van der Waals surface area contributed by atoms with E-state index >= 15 is 0 Å². The van der Waals surface area contributed by atoms with E-state index in [9.17, 15) is 9.59 Å². The quantitative estimate of drug-likeness (QED) is 0.751. The molecule has 5 nitrogen and oxygen atoms in total. The molecular weight excluding hydrogens is 387 g/mol. The van der Waals surface area contributed by atoms with Crippen molar-refractivity contribution in [2.75, 3.05) is 11.9 Å². The Kier molecular flexibility index (Phi) is 6.34. The molecule has 0 radical (unpaired) electrons. The molecule has 0 atom stereocenters. The van der Waals surface area contributed by atoms with Crippen LogP contribution in [0.4, 0.5) is 5.82 Å². The number of hydrogen-bond donors (Lipinski definition) is 1. The smallest absolute Gasteiger partial charge is 0.310 e. The summed E-state index contributed by atoms with van der Waals surface area (Å²) in [5.41, 5.74) is 4.11. The fourth-order valence-electron chi connectivity index (χ4n) is 3.07. The van der Waals surface area contributed by atoms with Crippen LogP contribution in [0.1, 0.15) is 35.2 Å². The molecule has 0 aliphatic heterocycles. The van der Waals surface area contributed by atoms with Crippen LogP contribution in [0.5, 0.6) is 0 Å². The summed E-state index contributed by atoms with van der Waals surface area (Å²) >= 11 is 11.9. The number of carbonyl (C=O) groups is 2. The van der Waals surface area contributed by atoms with E-state index in [0.717, 1.165) is 18.4 Å². The predicted octanol–water partition coefficient (Wildman–Crippen LogP) is 4.30. The van der Waals surface area contributed by atoms with Gasteiger partial charge in [-0.15, -0.1) is 0 Å². The summed E-state index contributed by atoms with van der Waals surface area (Å²) in [7, 11) is 0. The fourth-order valence-corrected chi connectivity index (χ4v) is 3.48. The van der Waals surface area contributed by atoms with Crippen LogP contribution in [0.2, 0.25) is 10.0 Å². The van der Waals surface area contributed by atoms with Crippen LogP contribution in [0.3, 0.4) is 0 Å². The number of aryl methyl sites for hydroxylation is 3. The number of amides is 1. The van der Waals surface area contributed by atoms with E-state index in [0.29, 0.717) is 10.7 Å². The highest BCUT2D eigenvalue weighted by molar-refractivity contribution is 6.36. The third-order valence-corrected chi connectivity index (χ3v) is 5.16. The molecule has 3 rings (SSSR count). The fraction of sp³-hybridized carbons (Fsp3) is 0.350. The highest BCUT2D eigenvalue weighted by Gasteiger charge is 2.14. The highest BCUT2D eigenvalue weighted by Crippen LogP contribution is 2.25. The van der Waals surface area contributed by atoms with E-state index in [1.54, 1.807) is 6.92 Å². The van der Waals surface area contributed by atoms with Gasteiger partial charge in [0.25, 0.3) is 5.91 Å². The van der Waals surface area contributed by atoms with Gasteiger partial charge in [0.15, 0.2) is 12.4 Å². The van der Waals surface area contributed by atoms with E-state index in [-0.39, 0.29) is 17.3 Å². The number of anilines is 1. The molecule has 142 valence electrons. The lowest BCUT2D eigenvalue weighted by molar-refractivity contribution is -0.146. The number of pyridine rings is 1. The SMILES string of the molecule is Cc1nc(NC(=O)COC(=O)Cc2ccc3c(c2)CCCC3)c(Cl)cc1Cl. The molecule has 1 amide bonds. The molecule has 1 aliphatic carbocycles. The molecule has 0 unspecified atom stereocenters. The van der Waals surface area contributed by atoms with Crippen molar-refractivity contribution in [3.8, 4) is 0 Å². The molecule has 0 spiro atoms. The normalized spacial score (nSPS) is 13.0. The van der Waals surface area contributed by atoms with Crippen molar-refractivity contribution in [3.63, 3.8) is 0 Å². The number of halogens is 2. The molecule has 1 aromatic heterocycles. The first-order valence-corrected chi connectivity index (χ1v) is 9.57. The number of benzene rings is 1. The molecule has 0 bridgehead atoms. The summed E-state index contributed by atoms with van der Waals surface area (Å²) in [5.74, 6) is -0.772. The van der Waals surface area contributed by atoms with Gasteiger partial charge in [-0.25, -0.2) is 4.98 Å². The maximum absolute atomic E-state index is 12.0. The lowest BCUT2D eigenvalue weighted by Gasteiger charge is -2.16. The zero-order chi connectivity index (χ0) is 19.4. The average Bonchev–Trinajstić information content (AvgIpc) is 2.64. The lowest BCUT2D eigenvalue weighted by Crippen LogP contribution is -2.22. The number of nitrogens with zero attached hydrogens (tertiary/aromatic N) is 1. The first-order valence-electron chi connectivity index (χ1n) is 8.81. The Morgan fingerprint density at radius 1 is 1.11 bits per heavy atom. The minimum Gasteiger partial charge on any atom is -0.455 e. The van der Waals surface area contributed by atoms with Gasteiger partial charge in [0, 0.05) is 0 Å². The second-order valence-electron chi connectivity index (χ2n) is 6.58. The Bertz CT molecular complexity index is 884. The van der Waals surface area contributed by atoms with Crippen molar-refractivity contribution < 1.29 is 14.3 Å². The maximum Gasteiger partial charge on any atom is 0.310 e. The van der Waals surface area contributed by atoms with Crippen molar-refractivity contribution in [1.29, 1.82) is 0 Å². The number of fused-ring (bicyclic) bond motifs is 1. The average molecular weight is 407 g/mol. The Balaban J connectivity index is 1.52. The second kappa shape index (κ2) is 8.72.